The van der Waals surface area contributed by atoms with Crippen LogP contribution in [0.25, 0.3) is 10.8 Å². The van der Waals surface area contributed by atoms with Crippen LogP contribution in [0.3, 0.4) is 0 Å². The molecule has 26 heteroatoms. The predicted molar refractivity (Wildman–Crippen MR) is 215 cm³/mol. The molecule has 6 rings (SSSR count). The zero-order chi connectivity index (χ0) is 43.5. The number of urea groups is 2. The van der Waals surface area contributed by atoms with E-state index in [1.165, 1.54) is 42.5 Å². The second-order valence-corrected chi connectivity index (χ2v) is 15.2. The number of aryl methyl sites for hydroxylation is 2. The smallest absolute Gasteiger partial charge is 0.326 e. The zero-order valence-electron chi connectivity index (χ0n) is 30.6. The minimum absolute atomic E-state index is 0.0301. The number of phenols is 1. The number of aromatic nitrogens is 4. The molecule has 0 radical (unpaired) electrons. The van der Waals surface area contributed by atoms with Crippen molar-refractivity contribution in [1.29, 1.82) is 0 Å². The fourth-order valence-electron chi connectivity index (χ4n) is 5.41. The zero-order valence-corrected chi connectivity index (χ0v) is 32.2. The van der Waals surface area contributed by atoms with E-state index in [4.69, 9.17) is 5.73 Å². The summed E-state index contributed by atoms with van der Waals surface area (Å²) in [6.45, 7) is 3.15. The molecule has 6 aromatic rings. The second kappa shape index (κ2) is 16.5. The number of amides is 4. The van der Waals surface area contributed by atoms with Crippen molar-refractivity contribution in [2.45, 2.75) is 23.6 Å². The van der Waals surface area contributed by atoms with Crippen LogP contribution in [0.5, 0.6) is 5.75 Å². The summed E-state index contributed by atoms with van der Waals surface area (Å²) < 4.78 is 69.2. The number of nitrogen functional groups attached to an aromatic ring is 1. The average molecular weight is 860 g/mol. The lowest BCUT2D eigenvalue weighted by atomic mass is 10.1. The number of benzene rings is 4. The summed E-state index contributed by atoms with van der Waals surface area (Å²) in [5.74, 6) is -1.02. The van der Waals surface area contributed by atoms with Crippen molar-refractivity contribution in [2.75, 3.05) is 27.0 Å². The van der Waals surface area contributed by atoms with E-state index in [1.807, 2.05) is 0 Å². The number of fused-ring (bicyclic) bond motifs is 1. The molecule has 11 N–H and O–H groups in total. The molecule has 2 aromatic heterocycles. The number of carbonyl (C=O) groups is 2. The number of azo groups is 2. The highest BCUT2D eigenvalue weighted by Crippen LogP contribution is 2.46. The standard InChI is InChI=1S/C34H29N13O11S2/c1-15-10-25(48)40-31(36-15)42-33(51)38-18-4-3-5-20(13-18)44-47-29-24(60(56,57)58)12-17-6-8-21(30(50)27(17)28(29)35)45-46-22-14-19(7-9-23(22)59(53,54)55)39-34(52)43-32-37-16(2)11-26(49)41-32/h3-14,50H,35H2,1-2H3,(H,53,54,55)(H,56,57,58)(H3,36,38,40,42,48,51)(H3,37,39,41,43,49,52)/b46-45+,47-44+. The van der Waals surface area contributed by atoms with Gasteiger partial charge in [0.1, 0.15) is 26.9 Å². The van der Waals surface area contributed by atoms with Gasteiger partial charge in [0.25, 0.3) is 31.4 Å². The van der Waals surface area contributed by atoms with E-state index in [-0.39, 0.29) is 45.4 Å². The Morgan fingerprint density at radius 1 is 0.667 bits per heavy atom. The normalized spacial score (nSPS) is 11.9. The molecule has 4 amide bonds. The number of anilines is 5. The van der Waals surface area contributed by atoms with E-state index in [9.17, 15) is 50.2 Å². The molecule has 4 aromatic carbocycles. The summed E-state index contributed by atoms with van der Waals surface area (Å²) in [6.07, 6.45) is 0. The average Bonchev–Trinajstić information content (AvgIpc) is 3.12. The number of hydrogen-bond donors (Lipinski definition) is 10. The molecular formula is C34H29N13O11S2. The number of rotatable bonds is 10. The van der Waals surface area contributed by atoms with Gasteiger partial charge in [-0.15, -0.1) is 15.3 Å². The van der Waals surface area contributed by atoms with Crippen molar-refractivity contribution < 1.29 is 40.6 Å². The van der Waals surface area contributed by atoms with E-state index in [1.54, 1.807) is 13.8 Å². The maximum Gasteiger partial charge on any atom is 0.326 e. The van der Waals surface area contributed by atoms with Gasteiger partial charge >= 0.3 is 12.1 Å². The number of nitrogens with one attached hydrogen (secondary N) is 6. The number of nitrogens with zero attached hydrogens (tertiary/aromatic N) is 6. The molecule has 0 saturated carbocycles. The van der Waals surface area contributed by atoms with Gasteiger partial charge in [-0.2, -0.15) is 31.9 Å². The first-order valence-corrected chi connectivity index (χ1v) is 19.5. The van der Waals surface area contributed by atoms with Crippen LogP contribution in [-0.4, -0.2) is 63.0 Å². The summed E-state index contributed by atoms with van der Waals surface area (Å²) in [6, 6.07) is 12.8. The molecule has 0 saturated heterocycles. The van der Waals surface area contributed by atoms with E-state index >= 15 is 0 Å². The first-order valence-electron chi connectivity index (χ1n) is 16.7. The highest BCUT2D eigenvalue weighted by Gasteiger charge is 2.24. The van der Waals surface area contributed by atoms with Gasteiger partial charge in [-0.3, -0.25) is 29.3 Å². The summed E-state index contributed by atoms with van der Waals surface area (Å²) in [5, 5.41) is 36.3. The maximum absolute atomic E-state index is 12.6. The van der Waals surface area contributed by atoms with Gasteiger partial charge < -0.3 is 31.4 Å². The minimum atomic E-state index is -5.02. The molecule has 0 spiro atoms. The number of aromatic hydroxyl groups is 1. The summed E-state index contributed by atoms with van der Waals surface area (Å²) >= 11 is 0. The van der Waals surface area contributed by atoms with Crippen molar-refractivity contribution in [3.63, 3.8) is 0 Å². The van der Waals surface area contributed by atoms with Crippen molar-refractivity contribution in [3.05, 3.63) is 105 Å². The van der Waals surface area contributed by atoms with Crippen molar-refractivity contribution >= 4 is 94.8 Å². The molecule has 2 heterocycles. The third-order valence-electron chi connectivity index (χ3n) is 7.86. The third-order valence-corrected chi connectivity index (χ3v) is 9.63. The molecule has 0 atom stereocenters. The van der Waals surface area contributed by atoms with Crippen molar-refractivity contribution in [1.82, 2.24) is 19.9 Å². The lowest BCUT2D eigenvalue weighted by Gasteiger charge is -2.12. The topological polar surface area (TPSA) is 378 Å². The molecule has 308 valence electrons. The quantitative estimate of drug-likeness (QED) is 0.0460. The monoisotopic (exact) mass is 859 g/mol. The van der Waals surface area contributed by atoms with E-state index in [0.29, 0.717) is 11.4 Å². The van der Waals surface area contributed by atoms with Crippen molar-refractivity contribution in [2.24, 2.45) is 20.5 Å². The molecule has 0 aliphatic carbocycles. The molecule has 60 heavy (non-hydrogen) atoms. The number of carbonyl (C=O) groups excluding carboxylic acids is 2. The number of phenolic OH excluding ortho intramolecular Hbond substituents is 1. The Labute approximate surface area is 336 Å². The van der Waals surface area contributed by atoms with Crippen LogP contribution in [0.15, 0.2) is 113 Å². The van der Waals surface area contributed by atoms with Gasteiger partial charge in [0.05, 0.1) is 16.8 Å². The Morgan fingerprint density at radius 2 is 1.23 bits per heavy atom. The molecule has 24 nitrogen and oxygen atoms in total. The number of nitrogens with two attached hydrogens (primary N) is 1. The first kappa shape index (κ1) is 41.7. The van der Waals surface area contributed by atoms with Crippen molar-refractivity contribution in [3.8, 4) is 5.75 Å². The SMILES string of the molecule is Cc1cc(=O)nc(NC(=O)Nc2cccc(/N=N/c3c(S(=O)(=O)O)cc4ccc(/N=N/c5cc(NC(=O)Nc6nc(=O)cc(C)[nH]6)ccc5S(=O)(=O)O)c(O)c4c3N)c2)[nH]1. The molecule has 0 unspecified atom stereocenters. The van der Waals surface area contributed by atoms with Gasteiger partial charge in [-0.1, -0.05) is 12.1 Å². The number of hydrogen-bond acceptors (Lipinski definition) is 16. The lowest BCUT2D eigenvalue weighted by molar-refractivity contribution is 0.261. The molecular weight excluding hydrogens is 831 g/mol. The van der Waals surface area contributed by atoms with Crippen LogP contribution in [0.4, 0.5) is 61.3 Å². The molecule has 0 bridgehead atoms. The van der Waals surface area contributed by atoms with Crippen LogP contribution >= 0.6 is 0 Å². The Morgan fingerprint density at radius 3 is 1.80 bits per heavy atom. The fourth-order valence-corrected chi connectivity index (χ4v) is 6.68. The van der Waals surface area contributed by atoms with E-state index < -0.39 is 76.0 Å². The largest absolute Gasteiger partial charge is 0.505 e. The molecule has 0 aliphatic rings. The van der Waals surface area contributed by atoms with Gasteiger partial charge in [0.2, 0.25) is 11.9 Å². The summed E-state index contributed by atoms with van der Waals surface area (Å²) in [7, 11) is -9.95. The minimum Gasteiger partial charge on any atom is -0.505 e. The Hall–Kier alpha value is -7.94. The second-order valence-electron chi connectivity index (χ2n) is 12.4. The predicted octanol–water partition coefficient (Wildman–Crippen LogP) is 5.52. The Bertz CT molecular complexity index is 3150. The third kappa shape index (κ3) is 9.95. The van der Waals surface area contributed by atoms with E-state index in [0.717, 1.165) is 30.3 Å². The molecule has 0 fully saturated rings. The van der Waals surface area contributed by atoms with Gasteiger partial charge in [-0.05, 0) is 67.8 Å². The highest BCUT2D eigenvalue weighted by atomic mass is 32.2. The molecule has 0 aliphatic heterocycles. The Balaban J connectivity index is 1.31. The summed E-state index contributed by atoms with van der Waals surface area (Å²) in [4.78, 5) is 59.6. The fraction of sp³-hybridized carbons (Fsp3) is 0.0588. The Kier molecular flexibility index (Phi) is 11.5. The summed E-state index contributed by atoms with van der Waals surface area (Å²) in [5.41, 5.74) is 4.13. The van der Waals surface area contributed by atoms with Gasteiger partial charge in [-0.25, -0.2) is 9.59 Å². The van der Waals surface area contributed by atoms with Crippen LogP contribution in [-0.2, 0) is 20.2 Å². The van der Waals surface area contributed by atoms with Crippen LogP contribution in [0, 0.1) is 13.8 Å². The van der Waals surface area contributed by atoms with Gasteiger partial charge in [0.15, 0.2) is 5.75 Å². The van der Waals surface area contributed by atoms with Gasteiger partial charge in [0, 0.05) is 34.9 Å². The highest BCUT2D eigenvalue weighted by molar-refractivity contribution is 7.86. The number of H-pyrrole nitrogens is 2. The van der Waals surface area contributed by atoms with Crippen LogP contribution < -0.4 is 38.1 Å². The maximum atomic E-state index is 12.6. The first-order chi connectivity index (χ1) is 28.2. The lowest BCUT2D eigenvalue weighted by Crippen LogP contribution is -2.23. The van der Waals surface area contributed by atoms with Crippen LogP contribution in [0.1, 0.15) is 11.4 Å². The van der Waals surface area contributed by atoms with Crippen LogP contribution in [0.2, 0.25) is 0 Å². The van der Waals surface area contributed by atoms with E-state index in [2.05, 4.69) is 61.7 Å². The number of aromatic amines is 2.